The van der Waals surface area contributed by atoms with E-state index in [0.717, 1.165) is 31.7 Å². The van der Waals surface area contributed by atoms with E-state index in [1.54, 1.807) is 19.5 Å². The minimum absolute atomic E-state index is 0.259. The van der Waals surface area contributed by atoms with Crippen LogP contribution >= 0.6 is 0 Å². The fourth-order valence-electron chi connectivity index (χ4n) is 3.33. The van der Waals surface area contributed by atoms with Crippen molar-refractivity contribution in [2.45, 2.75) is 38.5 Å². The monoisotopic (exact) mass is 330 g/mol. The Labute approximate surface area is 143 Å². The van der Waals surface area contributed by atoms with Gasteiger partial charge in [0.15, 0.2) is 0 Å². The fourth-order valence-corrected chi connectivity index (χ4v) is 3.33. The molecule has 0 bridgehead atoms. The summed E-state index contributed by atoms with van der Waals surface area (Å²) in [4.78, 5) is 6.54. The summed E-state index contributed by atoms with van der Waals surface area (Å²) in [6, 6.07) is 4.17. The average molecular weight is 330 g/mol. The van der Waals surface area contributed by atoms with Crippen LogP contribution in [0.1, 0.15) is 24.6 Å². The molecule has 6 heteroatoms. The van der Waals surface area contributed by atoms with Gasteiger partial charge >= 0.3 is 0 Å². The highest BCUT2D eigenvalue weighted by Crippen LogP contribution is 2.24. The second-order valence-corrected chi connectivity index (χ2v) is 6.30. The van der Waals surface area contributed by atoms with Crippen molar-refractivity contribution in [2.75, 3.05) is 20.3 Å². The van der Waals surface area contributed by atoms with Crippen LogP contribution in [0.5, 0.6) is 5.75 Å². The summed E-state index contributed by atoms with van der Waals surface area (Å²) >= 11 is 0. The predicted octanol–water partition coefficient (Wildman–Crippen LogP) is 2.05. The van der Waals surface area contributed by atoms with Crippen LogP contribution in [0.15, 0.2) is 30.7 Å². The Morgan fingerprint density at radius 3 is 2.96 bits per heavy atom. The number of hydrogen-bond donors (Lipinski definition) is 0. The molecule has 0 aromatic carbocycles. The van der Waals surface area contributed by atoms with E-state index >= 15 is 0 Å². The molecule has 3 heterocycles. The van der Waals surface area contributed by atoms with E-state index in [-0.39, 0.29) is 6.10 Å². The molecule has 0 radical (unpaired) electrons. The molecule has 0 saturated carbocycles. The molecule has 1 fully saturated rings. The predicted molar refractivity (Wildman–Crippen MR) is 91.9 cm³/mol. The van der Waals surface area contributed by atoms with Gasteiger partial charge in [-0.3, -0.25) is 14.6 Å². The highest BCUT2D eigenvalue weighted by Gasteiger charge is 2.33. The normalized spacial score (nSPS) is 21.3. The quantitative estimate of drug-likeness (QED) is 0.778. The molecular weight excluding hydrogens is 304 g/mol. The van der Waals surface area contributed by atoms with E-state index in [4.69, 9.17) is 9.47 Å². The van der Waals surface area contributed by atoms with Gasteiger partial charge < -0.3 is 9.47 Å². The largest absolute Gasteiger partial charge is 0.490 e. The van der Waals surface area contributed by atoms with Crippen molar-refractivity contribution in [3.8, 4) is 5.75 Å². The minimum atomic E-state index is 0.259. The maximum Gasteiger partial charge on any atom is 0.137 e. The number of aromatic nitrogens is 3. The molecule has 6 nitrogen and oxygen atoms in total. The molecule has 24 heavy (non-hydrogen) atoms. The third-order valence-electron chi connectivity index (χ3n) is 4.60. The molecule has 1 saturated heterocycles. The molecule has 0 amide bonds. The number of nitrogens with zero attached hydrogens (tertiary/aromatic N) is 4. The Bertz CT molecular complexity index is 644. The molecule has 3 rings (SSSR count). The first-order valence-corrected chi connectivity index (χ1v) is 8.50. The summed E-state index contributed by atoms with van der Waals surface area (Å²) in [5, 5.41) is 4.55. The zero-order chi connectivity index (χ0) is 16.9. The van der Waals surface area contributed by atoms with Gasteiger partial charge in [0.2, 0.25) is 0 Å². The molecule has 130 valence electrons. The number of likely N-dealkylation sites (tertiary alicyclic amines) is 1. The van der Waals surface area contributed by atoms with Crippen LogP contribution in [-0.4, -0.2) is 52.1 Å². The van der Waals surface area contributed by atoms with Crippen LogP contribution in [0.2, 0.25) is 0 Å². The molecule has 2 atom stereocenters. The van der Waals surface area contributed by atoms with Crippen molar-refractivity contribution in [2.24, 2.45) is 7.05 Å². The third-order valence-corrected chi connectivity index (χ3v) is 4.60. The van der Waals surface area contributed by atoms with E-state index in [1.165, 1.54) is 11.3 Å². The minimum Gasteiger partial charge on any atom is -0.490 e. The lowest BCUT2D eigenvalue weighted by atomic mass is 10.1. The van der Waals surface area contributed by atoms with Gasteiger partial charge in [-0.15, -0.1) is 0 Å². The SMILES string of the molecule is CCc1nn(C)cc1CN1C[C@H](OC)C[C@H]1COc1cccnc1. The Kier molecular flexibility index (Phi) is 5.48. The van der Waals surface area contributed by atoms with E-state index in [1.807, 2.05) is 23.9 Å². The number of methoxy groups -OCH3 is 1. The summed E-state index contributed by atoms with van der Waals surface area (Å²) < 4.78 is 13.4. The zero-order valence-electron chi connectivity index (χ0n) is 14.7. The van der Waals surface area contributed by atoms with Gasteiger partial charge in [-0.05, 0) is 25.0 Å². The molecule has 2 aromatic rings. The molecule has 2 aromatic heterocycles. The standard InChI is InChI=1S/C18H26N4O2/c1-4-18-14(10-21(2)20-18)11-22-12-17(23-3)8-15(22)13-24-16-6-5-7-19-9-16/h5-7,9-10,15,17H,4,8,11-13H2,1-3H3/t15-,17+/m0/s1. The average Bonchev–Trinajstić information content (AvgIpc) is 3.17. The van der Waals surface area contributed by atoms with Crippen LogP contribution in [0.4, 0.5) is 0 Å². The Balaban J connectivity index is 1.67. The van der Waals surface area contributed by atoms with Gasteiger partial charge in [0.1, 0.15) is 12.4 Å². The lowest BCUT2D eigenvalue weighted by molar-refractivity contribution is 0.107. The maximum absolute atomic E-state index is 5.93. The molecule has 0 unspecified atom stereocenters. The van der Waals surface area contributed by atoms with Gasteiger partial charge in [0.25, 0.3) is 0 Å². The van der Waals surface area contributed by atoms with Gasteiger partial charge in [0.05, 0.1) is 18.0 Å². The van der Waals surface area contributed by atoms with E-state index in [9.17, 15) is 0 Å². The first-order chi connectivity index (χ1) is 11.7. The number of hydrogen-bond acceptors (Lipinski definition) is 5. The molecular formula is C18H26N4O2. The topological polar surface area (TPSA) is 52.4 Å². The second-order valence-electron chi connectivity index (χ2n) is 6.30. The van der Waals surface area contributed by atoms with Crippen molar-refractivity contribution in [3.63, 3.8) is 0 Å². The molecule has 1 aliphatic rings. The van der Waals surface area contributed by atoms with Crippen molar-refractivity contribution >= 4 is 0 Å². The first kappa shape index (κ1) is 16.9. The van der Waals surface area contributed by atoms with E-state index in [2.05, 4.69) is 28.1 Å². The lowest BCUT2D eigenvalue weighted by Crippen LogP contribution is -2.34. The Hall–Kier alpha value is -1.92. The summed E-state index contributed by atoms with van der Waals surface area (Å²) in [6.45, 7) is 4.61. The lowest BCUT2D eigenvalue weighted by Gasteiger charge is -2.24. The second kappa shape index (κ2) is 7.77. The third kappa shape index (κ3) is 3.94. The van der Waals surface area contributed by atoms with Crippen molar-refractivity contribution in [3.05, 3.63) is 42.0 Å². The molecule has 1 aliphatic heterocycles. The number of rotatable bonds is 7. The smallest absolute Gasteiger partial charge is 0.137 e. The number of ether oxygens (including phenoxy) is 2. The van der Waals surface area contributed by atoms with Crippen LogP contribution < -0.4 is 4.74 Å². The van der Waals surface area contributed by atoms with Gasteiger partial charge in [-0.2, -0.15) is 5.10 Å². The number of aryl methyl sites for hydroxylation is 2. The molecule has 0 spiro atoms. The fraction of sp³-hybridized carbons (Fsp3) is 0.556. The van der Waals surface area contributed by atoms with Crippen LogP contribution in [0, 0.1) is 0 Å². The maximum atomic E-state index is 5.93. The van der Waals surface area contributed by atoms with E-state index in [0.29, 0.717) is 12.6 Å². The Morgan fingerprint density at radius 1 is 1.38 bits per heavy atom. The van der Waals surface area contributed by atoms with Crippen LogP contribution in [-0.2, 0) is 24.8 Å². The van der Waals surface area contributed by atoms with Crippen molar-refractivity contribution < 1.29 is 9.47 Å². The first-order valence-electron chi connectivity index (χ1n) is 8.50. The summed E-state index contributed by atoms with van der Waals surface area (Å²) in [6.07, 6.45) is 7.83. The van der Waals surface area contributed by atoms with Gasteiger partial charge in [-0.25, -0.2) is 0 Å². The van der Waals surface area contributed by atoms with Crippen molar-refractivity contribution in [1.29, 1.82) is 0 Å². The van der Waals surface area contributed by atoms with Crippen LogP contribution in [0.3, 0.4) is 0 Å². The highest BCUT2D eigenvalue weighted by molar-refractivity contribution is 5.18. The molecule has 0 aliphatic carbocycles. The van der Waals surface area contributed by atoms with Gasteiger partial charge in [0, 0.05) is 51.2 Å². The van der Waals surface area contributed by atoms with Gasteiger partial charge in [-0.1, -0.05) is 6.92 Å². The summed E-state index contributed by atoms with van der Waals surface area (Å²) in [5.41, 5.74) is 2.47. The summed E-state index contributed by atoms with van der Waals surface area (Å²) in [7, 11) is 3.77. The van der Waals surface area contributed by atoms with Crippen molar-refractivity contribution in [1.82, 2.24) is 19.7 Å². The highest BCUT2D eigenvalue weighted by atomic mass is 16.5. The number of pyridine rings is 1. The summed E-state index contributed by atoms with van der Waals surface area (Å²) in [5.74, 6) is 0.814. The zero-order valence-corrected chi connectivity index (χ0v) is 14.7. The molecule has 0 N–H and O–H groups in total. The van der Waals surface area contributed by atoms with Crippen LogP contribution in [0.25, 0.3) is 0 Å². The Morgan fingerprint density at radius 2 is 2.25 bits per heavy atom. The van der Waals surface area contributed by atoms with E-state index < -0.39 is 0 Å².